The van der Waals surface area contributed by atoms with Crippen molar-refractivity contribution >= 4 is 53.0 Å². The highest BCUT2D eigenvalue weighted by molar-refractivity contribution is 5.96. The molecule has 1 unspecified atom stereocenters. The lowest BCUT2D eigenvalue weighted by atomic mass is 9.52. The molecule has 1 amide bonds. The van der Waals surface area contributed by atoms with Gasteiger partial charge in [0.05, 0.1) is 17.7 Å². The number of benzene rings is 1. The van der Waals surface area contributed by atoms with Crippen LogP contribution in [0.5, 0.6) is 0 Å². The van der Waals surface area contributed by atoms with Gasteiger partial charge in [-0.15, -0.1) is 12.4 Å². The van der Waals surface area contributed by atoms with Gasteiger partial charge in [0.25, 0.3) is 22.3 Å². The van der Waals surface area contributed by atoms with Gasteiger partial charge in [0.15, 0.2) is 11.3 Å². The van der Waals surface area contributed by atoms with E-state index in [2.05, 4.69) is 27.6 Å². The van der Waals surface area contributed by atoms with E-state index in [-0.39, 0.29) is 77.9 Å². The number of amides is 1. The van der Waals surface area contributed by atoms with Crippen molar-refractivity contribution in [3.05, 3.63) is 83.9 Å². The van der Waals surface area contributed by atoms with Gasteiger partial charge in [0, 0.05) is 24.7 Å². The van der Waals surface area contributed by atoms with Crippen molar-refractivity contribution in [2.75, 3.05) is 17.7 Å². The van der Waals surface area contributed by atoms with Crippen LogP contribution in [0.4, 0.5) is 21.5 Å². The van der Waals surface area contributed by atoms with Gasteiger partial charge < -0.3 is 31.9 Å². The summed E-state index contributed by atoms with van der Waals surface area (Å²) in [6.07, 6.45) is 6.24. The number of fused-ring (bicyclic) bond motifs is 4. The largest absolute Gasteiger partial charge is 0.477 e. The fourth-order valence-electron chi connectivity index (χ4n) is 6.48. The van der Waals surface area contributed by atoms with E-state index < -0.39 is 34.1 Å². The number of carbonyl (C=O) groups is 3. The Hall–Kier alpha value is -5.09. The summed E-state index contributed by atoms with van der Waals surface area (Å²) in [6, 6.07) is 6.05. The van der Waals surface area contributed by atoms with Crippen LogP contribution in [0, 0.1) is 16.6 Å². The molecule has 0 saturated heterocycles. The highest BCUT2D eigenvalue weighted by atomic mass is 35.5. The lowest BCUT2D eigenvalue weighted by Gasteiger charge is -2.53. The molecule has 0 radical (unpaired) electrons. The van der Waals surface area contributed by atoms with Crippen molar-refractivity contribution < 1.29 is 28.6 Å². The minimum atomic E-state index is -1.38. The third-order valence-corrected chi connectivity index (χ3v) is 9.58. The van der Waals surface area contributed by atoms with Crippen molar-refractivity contribution in [3.63, 3.8) is 0 Å². The highest BCUT2D eigenvalue weighted by Crippen LogP contribution is 2.58. The molecule has 2 bridgehead atoms. The Labute approximate surface area is 291 Å². The third-order valence-electron chi connectivity index (χ3n) is 9.58. The number of aromatic carboxylic acids is 1. The first-order chi connectivity index (χ1) is 22.7. The van der Waals surface area contributed by atoms with E-state index in [9.17, 15) is 38.3 Å². The smallest absolute Gasteiger partial charge is 0.354 e. The number of H-pyrrole nitrogens is 1. The Balaban J connectivity index is 0.000000318. The summed E-state index contributed by atoms with van der Waals surface area (Å²) in [6.45, 7) is 4.39. The number of hydrogen-bond donors (Lipinski definition) is 6. The minimum Gasteiger partial charge on any atom is -0.477 e. The quantitative estimate of drug-likeness (QED) is 0.108. The van der Waals surface area contributed by atoms with Crippen LogP contribution in [0.2, 0.25) is 0 Å². The maximum absolute atomic E-state index is 14.1. The highest BCUT2D eigenvalue weighted by Gasteiger charge is 2.54. The minimum absolute atomic E-state index is 0. The molecule has 3 aliphatic carbocycles. The van der Waals surface area contributed by atoms with Crippen molar-refractivity contribution in [2.24, 2.45) is 16.6 Å². The third kappa shape index (κ3) is 7.40. The van der Waals surface area contributed by atoms with E-state index >= 15 is 0 Å². The first-order valence-electron chi connectivity index (χ1n) is 15.4. The average Bonchev–Trinajstić information content (AvgIpc) is 3.47. The molecule has 3 aliphatic rings. The van der Waals surface area contributed by atoms with Crippen LogP contribution in [0.1, 0.15) is 86.3 Å². The van der Waals surface area contributed by atoms with E-state index in [1.807, 2.05) is 6.92 Å². The molecule has 3 fully saturated rings. The van der Waals surface area contributed by atoms with Gasteiger partial charge in [-0.3, -0.25) is 29.1 Å². The molecule has 2 heterocycles. The summed E-state index contributed by atoms with van der Waals surface area (Å²) >= 11 is 0. The van der Waals surface area contributed by atoms with Gasteiger partial charge >= 0.3 is 11.9 Å². The molecule has 2 aromatic heterocycles. The van der Waals surface area contributed by atoms with Gasteiger partial charge in [-0.25, -0.2) is 18.7 Å². The second kappa shape index (κ2) is 15.2. The molecule has 1 atom stereocenters. The standard InChI is InChI=1S/C19H13FN6O6.C13H23NO2.CH4.ClH/c20-8-2-1-7(3-9(8)24-15-14(21)16(28)17(15)29)6-22-18(30)10-4-11(19(31)32)26-12(23-10)5-13(27)25-26;1-3-16-11(15)13-7-4-12(5-8-13,6-9-13)10(2)14;;/h1-5,24H,6,21H2,(H,22,30)(H,25,27)(H,31,32);10H,3-9,14H2,1-2H3;1H4;1H. The number of anilines is 3. The number of nitrogens with two attached hydrogens (primary N) is 2. The van der Waals surface area contributed by atoms with Crippen molar-refractivity contribution in [1.29, 1.82) is 0 Å². The number of carboxylic acid groups (broad SMARTS) is 1. The van der Waals surface area contributed by atoms with Crippen molar-refractivity contribution in [1.82, 2.24) is 19.9 Å². The number of halogens is 2. The van der Waals surface area contributed by atoms with E-state index in [0.717, 1.165) is 61.2 Å². The van der Waals surface area contributed by atoms with Crippen LogP contribution in [0.15, 0.2) is 44.7 Å². The summed E-state index contributed by atoms with van der Waals surface area (Å²) in [4.78, 5) is 74.1. The first kappa shape index (κ1) is 39.3. The summed E-state index contributed by atoms with van der Waals surface area (Å²) in [5, 5.41) is 16.5. The maximum atomic E-state index is 14.1. The van der Waals surface area contributed by atoms with Crippen LogP contribution in [-0.4, -0.2) is 50.2 Å². The number of nitrogens with zero attached hydrogens (tertiary/aromatic N) is 2. The number of hydrogen-bond acceptors (Lipinski definition) is 11. The second-order valence-electron chi connectivity index (χ2n) is 12.4. The van der Waals surface area contributed by atoms with Crippen LogP contribution >= 0.6 is 12.4 Å². The molecule has 8 N–H and O–H groups in total. The molecular formula is C33H41ClFN7O8. The molecule has 15 nitrogen and oxygen atoms in total. The zero-order valence-corrected chi connectivity index (χ0v) is 27.6. The Morgan fingerprint density at radius 1 is 1.08 bits per heavy atom. The van der Waals surface area contributed by atoms with Crippen LogP contribution in [-0.2, 0) is 16.1 Å². The Bertz CT molecular complexity index is 2030. The van der Waals surface area contributed by atoms with Gasteiger partial charge in [-0.2, -0.15) is 0 Å². The van der Waals surface area contributed by atoms with Crippen LogP contribution in [0.25, 0.3) is 5.65 Å². The van der Waals surface area contributed by atoms with Crippen LogP contribution in [0.3, 0.4) is 0 Å². The Kier molecular flexibility index (Phi) is 12.0. The predicted octanol–water partition coefficient (Wildman–Crippen LogP) is 3.01. The molecule has 4 aromatic rings. The number of ether oxygens (including phenoxy) is 1. The zero-order valence-electron chi connectivity index (χ0n) is 26.8. The molecule has 50 heavy (non-hydrogen) atoms. The summed E-state index contributed by atoms with van der Waals surface area (Å²) in [5.41, 5.74) is 8.46. The number of carboxylic acids is 1. The molecule has 3 saturated carbocycles. The number of aromatic amines is 1. The summed E-state index contributed by atoms with van der Waals surface area (Å²) in [5.74, 6) is -2.81. The lowest BCUT2D eigenvalue weighted by Crippen LogP contribution is -2.52. The SMILES string of the molecule is C.CCOC(=O)C12CCC(C(C)N)(CC1)CC2.Cl.Nc1c(Nc2cc(CNC(=O)c3cc(C(=O)O)n4[nH]c(=O)cc4n3)ccc2F)c(=O)c1=O. The van der Waals surface area contributed by atoms with Crippen molar-refractivity contribution in [2.45, 2.75) is 72.4 Å². The molecule has 17 heteroatoms. The number of nitrogen functional groups attached to an aromatic ring is 1. The maximum Gasteiger partial charge on any atom is 0.354 e. The van der Waals surface area contributed by atoms with Crippen molar-refractivity contribution in [3.8, 4) is 0 Å². The molecule has 0 spiro atoms. The summed E-state index contributed by atoms with van der Waals surface area (Å²) < 4.78 is 20.2. The topological polar surface area (TPSA) is 241 Å². The number of rotatable bonds is 9. The monoisotopic (exact) mass is 717 g/mol. The van der Waals surface area contributed by atoms with E-state index in [1.165, 1.54) is 12.1 Å². The lowest BCUT2D eigenvalue weighted by molar-refractivity contribution is -0.166. The number of aromatic nitrogens is 3. The molecular weight excluding hydrogens is 677 g/mol. The van der Waals surface area contributed by atoms with Gasteiger partial charge in [0.1, 0.15) is 22.9 Å². The van der Waals surface area contributed by atoms with E-state index in [4.69, 9.17) is 16.2 Å². The van der Waals surface area contributed by atoms with E-state index in [0.29, 0.717) is 17.6 Å². The predicted molar refractivity (Wildman–Crippen MR) is 186 cm³/mol. The summed E-state index contributed by atoms with van der Waals surface area (Å²) in [7, 11) is 0. The first-order valence-corrected chi connectivity index (χ1v) is 15.4. The zero-order chi connectivity index (χ0) is 35.0. The number of carbonyl (C=O) groups excluding carboxylic acids is 2. The van der Waals surface area contributed by atoms with Gasteiger partial charge in [-0.1, -0.05) is 13.5 Å². The fraction of sp³-hybridized carbons (Fsp3) is 0.424. The molecule has 2 aromatic carbocycles. The number of nitrogens with one attached hydrogen (secondary N) is 3. The molecule has 7 rings (SSSR count). The van der Waals surface area contributed by atoms with E-state index in [1.54, 1.807) is 0 Å². The Morgan fingerprint density at radius 3 is 2.28 bits per heavy atom. The Morgan fingerprint density at radius 2 is 1.72 bits per heavy atom. The fourth-order valence-corrected chi connectivity index (χ4v) is 6.48. The molecule has 0 aliphatic heterocycles. The normalized spacial score (nSPS) is 19.7. The van der Waals surface area contributed by atoms with Crippen LogP contribution < -0.4 is 38.5 Å². The molecule has 270 valence electrons. The second-order valence-corrected chi connectivity index (χ2v) is 12.4. The average molecular weight is 718 g/mol. The number of esters is 1. The van der Waals surface area contributed by atoms with Gasteiger partial charge in [-0.05, 0) is 75.5 Å². The van der Waals surface area contributed by atoms with Gasteiger partial charge in [0.2, 0.25) is 0 Å².